The van der Waals surface area contributed by atoms with E-state index in [-0.39, 0.29) is 10.7 Å². The second kappa shape index (κ2) is 5.87. The average molecular weight is 325 g/mol. The molecule has 2 aromatic rings. The zero-order chi connectivity index (χ0) is 15.6. The summed E-state index contributed by atoms with van der Waals surface area (Å²) < 4.78 is 27.8. The van der Waals surface area contributed by atoms with Gasteiger partial charge in [-0.15, -0.1) is 0 Å². The Bertz CT molecular complexity index is 780. The summed E-state index contributed by atoms with van der Waals surface area (Å²) in [4.78, 5) is 12.5. The lowest BCUT2D eigenvalue weighted by molar-refractivity contribution is 0.103. The Hall–Kier alpha value is -1.85. The van der Waals surface area contributed by atoms with Gasteiger partial charge in [0.1, 0.15) is 5.75 Å². The molecule has 0 heterocycles. The van der Waals surface area contributed by atoms with Crippen molar-refractivity contribution < 1.29 is 17.9 Å². The third kappa shape index (κ3) is 3.43. The second-order valence-electron chi connectivity index (χ2n) is 4.47. The molecule has 0 aliphatic rings. The largest absolute Gasteiger partial charge is 0.495 e. The molecule has 0 aromatic heterocycles. The molecule has 0 saturated heterocycles. The number of methoxy groups -OCH3 is 1. The Morgan fingerprint density at radius 1 is 1.05 bits per heavy atom. The molecule has 0 fully saturated rings. The van der Waals surface area contributed by atoms with E-state index < -0.39 is 9.84 Å². The predicted molar refractivity (Wildman–Crippen MR) is 81.0 cm³/mol. The highest BCUT2D eigenvalue weighted by molar-refractivity contribution is 7.90. The topological polar surface area (TPSA) is 60.4 Å². The van der Waals surface area contributed by atoms with Gasteiger partial charge >= 0.3 is 0 Å². The molecule has 4 nitrogen and oxygen atoms in total. The lowest BCUT2D eigenvalue weighted by Crippen LogP contribution is -2.03. The molecule has 2 rings (SSSR count). The lowest BCUT2D eigenvalue weighted by atomic mass is 10.0. The molecule has 0 unspecified atom stereocenters. The number of ketones is 1. The maximum Gasteiger partial charge on any atom is 0.193 e. The van der Waals surface area contributed by atoms with Crippen LogP contribution in [0.1, 0.15) is 15.9 Å². The lowest BCUT2D eigenvalue weighted by Gasteiger charge is -2.06. The van der Waals surface area contributed by atoms with Gasteiger partial charge in [-0.25, -0.2) is 8.42 Å². The maximum atomic E-state index is 12.3. The molecule has 21 heavy (non-hydrogen) atoms. The van der Waals surface area contributed by atoms with E-state index >= 15 is 0 Å². The van der Waals surface area contributed by atoms with Crippen LogP contribution in [0.15, 0.2) is 47.4 Å². The Morgan fingerprint density at radius 2 is 1.62 bits per heavy atom. The SMILES string of the molecule is COc1ccc(C(=O)c2ccc(S(C)(=O)=O)cc2)cc1Cl. The van der Waals surface area contributed by atoms with Crippen molar-refractivity contribution in [3.63, 3.8) is 0 Å². The Labute approximate surface area is 128 Å². The van der Waals surface area contributed by atoms with E-state index in [4.69, 9.17) is 16.3 Å². The molecule has 0 saturated carbocycles. The Balaban J connectivity index is 2.34. The number of carbonyl (C=O) groups excluding carboxylic acids is 1. The number of sulfone groups is 1. The van der Waals surface area contributed by atoms with E-state index in [1.54, 1.807) is 12.1 Å². The standard InChI is InChI=1S/C15H13ClO4S/c1-20-14-8-5-11(9-13(14)16)15(17)10-3-6-12(7-4-10)21(2,18)19/h3-9H,1-2H3. The smallest absolute Gasteiger partial charge is 0.193 e. The summed E-state index contributed by atoms with van der Waals surface area (Å²) in [5.41, 5.74) is 0.802. The van der Waals surface area contributed by atoms with Crippen LogP contribution in [0.5, 0.6) is 5.75 Å². The fourth-order valence-electron chi connectivity index (χ4n) is 1.83. The molecule has 0 aliphatic carbocycles. The maximum absolute atomic E-state index is 12.3. The molecule has 0 spiro atoms. The number of benzene rings is 2. The van der Waals surface area contributed by atoms with Crippen LogP contribution < -0.4 is 4.74 Å². The summed E-state index contributed by atoms with van der Waals surface area (Å²) in [5.74, 6) is 0.250. The van der Waals surface area contributed by atoms with E-state index in [1.165, 1.54) is 37.4 Å². The van der Waals surface area contributed by atoms with Gasteiger partial charge in [-0.3, -0.25) is 4.79 Å². The van der Waals surface area contributed by atoms with Crippen molar-refractivity contribution in [3.05, 3.63) is 58.6 Å². The van der Waals surface area contributed by atoms with E-state index in [0.29, 0.717) is 21.9 Å². The molecule has 110 valence electrons. The normalized spacial score (nSPS) is 11.2. The molecule has 0 bridgehead atoms. The van der Waals surface area contributed by atoms with Gasteiger partial charge in [0.15, 0.2) is 15.6 Å². The van der Waals surface area contributed by atoms with Crippen LogP contribution in [0.3, 0.4) is 0 Å². The highest BCUT2D eigenvalue weighted by Gasteiger charge is 2.13. The molecule has 2 aromatic carbocycles. The second-order valence-corrected chi connectivity index (χ2v) is 6.90. The summed E-state index contributed by atoms with van der Waals surface area (Å²) in [6.45, 7) is 0. The van der Waals surface area contributed by atoms with Gasteiger partial charge in [-0.1, -0.05) is 11.6 Å². The van der Waals surface area contributed by atoms with Crippen molar-refractivity contribution in [2.24, 2.45) is 0 Å². The molecule has 0 N–H and O–H groups in total. The predicted octanol–water partition coefficient (Wildman–Crippen LogP) is 2.98. The molecule has 0 atom stereocenters. The van der Waals surface area contributed by atoms with Crippen LogP contribution in [0.25, 0.3) is 0 Å². The summed E-state index contributed by atoms with van der Waals surface area (Å²) in [5, 5.41) is 0.344. The van der Waals surface area contributed by atoms with Crippen molar-refractivity contribution in [1.82, 2.24) is 0 Å². The summed E-state index contributed by atoms with van der Waals surface area (Å²) >= 11 is 5.99. The summed E-state index contributed by atoms with van der Waals surface area (Å²) in [6.07, 6.45) is 1.12. The number of hydrogen-bond donors (Lipinski definition) is 0. The van der Waals surface area contributed by atoms with Crippen LogP contribution in [0.4, 0.5) is 0 Å². The van der Waals surface area contributed by atoms with E-state index in [1.807, 2.05) is 0 Å². The molecule has 0 radical (unpaired) electrons. The number of hydrogen-bond acceptors (Lipinski definition) is 4. The van der Waals surface area contributed by atoms with Crippen LogP contribution in [0.2, 0.25) is 5.02 Å². The van der Waals surface area contributed by atoms with Crippen LogP contribution >= 0.6 is 11.6 Å². The Kier molecular flexibility index (Phi) is 4.34. The zero-order valence-electron chi connectivity index (χ0n) is 11.5. The number of carbonyl (C=O) groups is 1. The molecular formula is C15H13ClO4S. The third-order valence-electron chi connectivity index (χ3n) is 2.96. The fraction of sp³-hybridized carbons (Fsp3) is 0.133. The quantitative estimate of drug-likeness (QED) is 0.811. The van der Waals surface area contributed by atoms with Crippen molar-refractivity contribution in [2.75, 3.05) is 13.4 Å². The molecule has 6 heteroatoms. The van der Waals surface area contributed by atoms with Crippen LogP contribution in [-0.4, -0.2) is 27.6 Å². The van der Waals surface area contributed by atoms with Gasteiger partial charge in [0, 0.05) is 17.4 Å². The number of rotatable bonds is 4. The van der Waals surface area contributed by atoms with Gasteiger partial charge in [0.25, 0.3) is 0 Å². The first-order valence-corrected chi connectivity index (χ1v) is 8.28. The average Bonchev–Trinajstić information content (AvgIpc) is 2.45. The van der Waals surface area contributed by atoms with E-state index in [9.17, 15) is 13.2 Å². The Morgan fingerprint density at radius 3 is 2.10 bits per heavy atom. The van der Waals surface area contributed by atoms with Gasteiger partial charge in [0.05, 0.1) is 17.0 Å². The minimum absolute atomic E-state index is 0.173. The van der Waals surface area contributed by atoms with Crippen molar-refractivity contribution in [2.45, 2.75) is 4.90 Å². The van der Waals surface area contributed by atoms with Crippen LogP contribution in [0, 0.1) is 0 Å². The first-order valence-electron chi connectivity index (χ1n) is 6.01. The van der Waals surface area contributed by atoms with Gasteiger partial charge in [-0.05, 0) is 42.5 Å². The fourth-order valence-corrected chi connectivity index (χ4v) is 2.72. The zero-order valence-corrected chi connectivity index (χ0v) is 13.0. The van der Waals surface area contributed by atoms with Gasteiger partial charge in [-0.2, -0.15) is 0 Å². The van der Waals surface area contributed by atoms with Crippen molar-refractivity contribution in [3.8, 4) is 5.75 Å². The number of halogens is 1. The van der Waals surface area contributed by atoms with Crippen LogP contribution in [-0.2, 0) is 9.84 Å². The van der Waals surface area contributed by atoms with Gasteiger partial charge in [0.2, 0.25) is 0 Å². The highest BCUT2D eigenvalue weighted by atomic mass is 35.5. The van der Waals surface area contributed by atoms with Gasteiger partial charge < -0.3 is 4.74 Å². The molecule has 0 aliphatic heterocycles. The van der Waals surface area contributed by atoms with E-state index in [2.05, 4.69) is 0 Å². The third-order valence-corrected chi connectivity index (χ3v) is 4.38. The highest BCUT2D eigenvalue weighted by Crippen LogP contribution is 2.26. The minimum Gasteiger partial charge on any atom is -0.495 e. The monoisotopic (exact) mass is 324 g/mol. The summed E-state index contributed by atoms with van der Waals surface area (Å²) in [7, 11) is -1.78. The van der Waals surface area contributed by atoms with Crippen molar-refractivity contribution in [1.29, 1.82) is 0 Å². The first kappa shape index (κ1) is 15.5. The van der Waals surface area contributed by atoms with Crippen molar-refractivity contribution >= 4 is 27.2 Å². The first-order chi connectivity index (χ1) is 9.82. The van der Waals surface area contributed by atoms with E-state index in [0.717, 1.165) is 6.26 Å². The number of ether oxygens (including phenoxy) is 1. The molecule has 0 amide bonds. The minimum atomic E-state index is -3.27. The summed E-state index contributed by atoms with van der Waals surface area (Å²) in [6, 6.07) is 10.5. The molecular weight excluding hydrogens is 312 g/mol.